The third-order valence-electron chi connectivity index (χ3n) is 3.15. The SMILES string of the molecule is NC1=C/C(c2ncnc3c(F)c(I)c(Cl)cc23)=C\C=C/C=C\1. The molecule has 0 saturated carbocycles. The van der Waals surface area contributed by atoms with Crippen LogP contribution < -0.4 is 5.73 Å². The van der Waals surface area contributed by atoms with Gasteiger partial charge in [0.15, 0.2) is 5.82 Å². The average Bonchev–Trinajstić information content (AvgIpc) is 2.48. The zero-order valence-corrected chi connectivity index (χ0v) is 14.1. The van der Waals surface area contributed by atoms with Gasteiger partial charge >= 0.3 is 0 Å². The first-order valence-corrected chi connectivity index (χ1v) is 7.84. The van der Waals surface area contributed by atoms with Crippen LogP contribution in [0.25, 0.3) is 16.5 Å². The van der Waals surface area contributed by atoms with Crippen molar-refractivity contribution in [3.63, 3.8) is 0 Å². The maximum Gasteiger partial charge on any atom is 0.164 e. The second-order valence-corrected chi connectivity index (χ2v) is 6.10. The molecule has 22 heavy (non-hydrogen) atoms. The lowest BCUT2D eigenvalue weighted by atomic mass is 10.0. The molecule has 2 aromatic rings. The van der Waals surface area contributed by atoms with Crippen molar-refractivity contribution in [2.75, 3.05) is 0 Å². The lowest BCUT2D eigenvalue weighted by Gasteiger charge is -2.09. The zero-order chi connectivity index (χ0) is 15.7. The summed E-state index contributed by atoms with van der Waals surface area (Å²) >= 11 is 7.97. The standard InChI is InChI=1S/C16H10ClFIN3/c17-12-7-11-15(9-4-2-1-3-5-10(20)6-9)21-8-22-16(11)13(18)14(12)19/h1-8H,20H2/b2-1-,3-1?,4-2?,5-3-,9-4+,9-6?,10-5?,10-6+. The summed E-state index contributed by atoms with van der Waals surface area (Å²) in [5.41, 5.74) is 8.10. The van der Waals surface area contributed by atoms with Crippen LogP contribution in [0.15, 0.2) is 54.5 Å². The molecule has 1 aromatic carbocycles. The number of halogens is 3. The lowest BCUT2D eigenvalue weighted by molar-refractivity contribution is 0.629. The van der Waals surface area contributed by atoms with E-state index in [0.29, 0.717) is 25.4 Å². The van der Waals surface area contributed by atoms with Crippen molar-refractivity contribution in [2.45, 2.75) is 0 Å². The predicted octanol–water partition coefficient (Wildman–Crippen LogP) is 4.38. The smallest absolute Gasteiger partial charge is 0.164 e. The molecule has 3 rings (SSSR count). The van der Waals surface area contributed by atoms with Gasteiger partial charge in [-0.25, -0.2) is 14.4 Å². The Bertz CT molecular complexity index is 885. The number of fused-ring (bicyclic) bond motifs is 1. The van der Waals surface area contributed by atoms with E-state index in [0.717, 1.165) is 5.57 Å². The molecule has 0 aliphatic heterocycles. The molecule has 0 atom stereocenters. The minimum atomic E-state index is -0.439. The molecular formula is C16H10ClFIN3. The van der Waals surface area contributed by atoms with Crippen LogP contribution in [-0.2, 0) is 0 Å². The highest BCUT2D eigenvalue weighted by molar-refractivity contribution is 14.1. The average molecular weight is 426 g/mol. The number of rotatable bonds is 1. The van der Waals surface area contributed by atoms with E-state index in [1.165, 1.54) is 6.33 Å². The summed E-state index contributed by atoms with van der Waals surface area (Å²) in [6, 6.07) is 1.68. The topological polar surface area (TPSA) is 51.8 Å². The number of hydrogen-bond donors (Lipinski definition) is 1. The van der Waals surface area contributed by atoms with E-state index in [1.807, 2.05) is 46.9 Å². The summed E-state index contributed by atoms with van der Waals surface area (Å²) in [5, 5.41) is 0.888. The summed E-state index contributed by atoms with van der Waals surface area (Å²) in [5.74, 6) is -0.439. The van der Waals surface area contributed by atoms with Gasteiger partial charge in [-0.2, -0.15) is 0 Å². The molecule has 0 radical (unpaired) electrons. The summed E-state index contributed by atoms with van der Waals surface area (Å²) in [7, 11) is 0. The summed E-state index contributed by atoms with van der Waals surface area (Å²) < 4.78 is 14.7. The van der Waals surface area contributed by atoms with Crippen LogP contribution >= 0.6 is 34.2 Å². The molecular weight excluding hydrogens is 416 g/mol. The van der Waals surface area contributed by atoms with E-state index < -0.39 is 5.82 Å². The second kappa shape index (κ2) is 6.18. The molecule has 0 saturated heterocycles. The molecule has 1 heterocycles. The van der Waals surface area contributed by atoms with Crippen molar-refractivity contribution >= 4 is 50.7 Å². The molecule has 1 aliphatic carbocycles. The molecule has 0 unspecified atom stereocenters. The van der Waals surface area contributed by atoms with Gasteiger partial charge in [-0.3, -0.25) is 0 Å². The first-order chi connectivity index (χ1) is 10.6. The molecule has 2 N–H and O–H groups in total. The zero-order valence-electron chi connectivity index (χ0n) is 11.2. The molecule has 1 aromatic heterocycles. The minimum absolute atomic E-state index is 0.244. The van der Waals surface area contributed by atoms with E-state index >= 15 is 0 Å². The normalized spacial score (nSPS) is 22.1. The van der Waals surface area contributed by atoms with Crippen LogP contribution in [-0.4, -0.2) is 9.97 Å². The number of benzene rings is 1. The van der Waals surface area contributed by atoms with Crippen molar-refractivity contribution in [1.82, 2.24) is 9.97 Å². The monoisotopic (exact) mass is 425 g/mol. The fraction of sp³-hybridized carbons (Fsp3) is 0. The highest BCUT2D eigenvalue weighted by Crippen LogP contribution is 2.32. The third-order valence-corrected chi connectivity index (χ3v) is 4.82. The highest BCUT2D eigenvalue weighted by atomic mass is 127. The van der Waals surface area contributed by atoms with Crippen molar-refractivity contribution in [3.05, 3.63) is 74.7 Å². The molecule has 6 heteroatoms. The van der Waals surface area contributed by atoms with Crippen LogP contribution in [0.1, 0.15) is 5.69 Å². The van der Waals surface area contributed by atoms with Crippen molar-refractivity contribution < 1.29 is 4.39 Å². The fourth-order valence-electron chi connectivity index (χ4n) is 2.15. The van der Waals surface area contributed by atoms with Gasteiger partial charge in [0.1, 0.15) is 11.8 Å². The molecule has 110 valence electrons. The maximum absolute atomic E-state index is 14.4. The Hall–Kier alpha value is -1.73. The number of nitrogens with zero attached hydrogens (tertiary/aromatic N) is 2. The Morgan fingerprint density at radius 2 is 2.00 bits per heavy atom. The van der Waals surface area contributed by atoms with Crippen LogP contribution in [0.4, 0.5) is 4.39 Å². The van der Waals surface area contributed by atoms with Crippen LogP contribution in [0, 0.1) is 9.39 Å². The Morgan fingerprint density at radius 1 is 1.18 bits per heavy atom. The molecule has 0 fully saturated rings. The number of nitrogens with two attached hydrogens (primary N) is 1. The van der Waals surface area contributed by atoms with Crippen molar-refractivity contribution in [2.24, 2.45) is 5.73 Å². The first kappa shape index (κ1) is 15.2. The van der Waals surface area contributed by atoms with Crippen LogP contribution in [0.5, 0.6) is 0 Å². The fourth-order valence-corrected chi connectivity index (χ4v) is 2.75. The van der Waals surface area contributed by atoms with Gasteiger partial charge in [0.05, 0.1) is 14.3 Å². The highest BCUT2D eigenvalue weighted by Gasteiger charge is 2.16. The van der Waals surface area contributed by atoms with Gasteiger partial charge in [-0.1, -0.05) is 35.9 Å². The largest absolute Gasteiger partial charge is 0.399 e. The predicted molar refractivity (Wildman–Crippen MR) is 95.8 cm³/mol. The summed E-state index contributed by atoms with van der Waals surface area (Å²) in [4.78, 5) is 8.32. The number of allylic oxidation sites excluding steroid dienone is 7. The Labute approximate surface area is 145 Å². The third kappa shape index (κ3) is 2.78. The van der Waals surface area contributed by atoms with Gasteiger partial charge in [0.2, 0.25) is 0 Å². The number of aromatic nitrogens is 2. The van der Waals surface area contributed by atoms with Gasteiger partial charge < -0.3 is 5.73 Å². The molecule has 0 bridgehead atoms. The van der Waals surface area contributed by atoms with Crippen LogP contribution in [0.2, 0.25) is 5.02 Å². The van der Waals surface area contributed by atoms with Gasteiger partial charge in [-0.15, -0.1) is 0 Å². The second-order valence-electron chi connectivity index (χ2n) is 4.62. The van der Waals surface area contributed by atoms with Crippen molar-refractivity contribution in [1.29, 1.82) is 0 Å². The van der Waals surface area contributed by atoms with Crippen molar-refractivity contribution in [3.8, 4) is 0 Å². The lowest BCUT2D eigenvalue weighted by Crippen LogP contribution is -1.99. The van der Waals surface area contributed by atoms with E-state index in [2.05, 4.69) is 9.97 Å². The summed E-state index contributed by atoms with van der Waals surface area (Å²) in [6.07, 6.45) is 12.3. The number of hydrogen-bond acceptors (Lipinski definition) is 3. The van der Waals surface area contributed by atoms with E-state index in [1.54, 1.807) is 18.2 Å². The van der Waals surface area contributed by atoms with E-state index in [-0.39, 0.29) is 5.52 Å². The van der Waals surface area contributed by atoms with E-state index in [4.69, 9.17) is 17.3 Å². The summed E-state index contributed by atoms with van der Waals surface area (Å²) in [6.45, 7) is 0. The molecule has 3 nitrogen and oxygen atoms in total. The molecule has 1 aliphatic rings. The Balaban J connectivity index is 2.30. The van der Waals surface area contributed by atoms with Gasteiger partial charge in [-0.05, 0) is 40.8 Å². The molecule has 0 amide bonds. The van der Waals surface area contributed by atoms with Gasteiger partial charge in [0, 0.05) is 16.7 Å². The first-order valence-electron chi connectivity index (χ1n) is 6.38. The quantitative estimate of drug-likeness (QED) is 0.545. The van der Waals surface area contributed by atoms with Crippen LogP contribution in [0.3, 0.4) is 0 Å². The Kier molecular flexibility index (Phi) is 4.26. The van der Waals surface area contributed by atoms with Gasteiger partial charge in [0.25, 0.3) is 0 Å². The minimum Gasteiger partial charge on any atom is -0.399 e. The Morgan fingerprint density at radius 3 is 2.82 bits per heavy atom. The maximum atomic E-state index is 14.4. The molecule has 0 spiro atoms. The van der Waals surface area contributed by atoms with E-state index in [9.17, 15) is 4.39 Å².